The first-order chi connectivity index (χ1) is 9.24. The number of aryl methyl sites for hydroxylation is 1. The molecular formula is C14H17N3O2. The van der Waals surface area contributed by atoms with Crippen molar-refractivity contribution in [2.75, 3.05) is 18.9 Å². The Balaban J connectivity index is 1.82. The van der Waals surface area contributed by atoms with Crippen molar-refractivity contribution < 1.29 is 9.26 Å². The molecule has 19 heavy (non-hydrogen) atoms. The highest BCUT2D eigenvalue weighted by molar-refractivity contribution is 5.72. The first kappa shape index (κ1) is 12.2. The fraction of sp³-hybridized carbons (Fsp3) is 0.429. The highest BCUT2D eigenvalue weighted by atomic mass is 16.5. The van der Waals surface area contributed by atoms with Gasteiger partial charge in [-0.15, -0.1) is 0 Å². The van der Waals surface area contributed by atoms with E-state index in [1.807, 2.05) is 25.1 Å². The third kappa shape index (κ3) is 2.46. The van der Waals surface area contributed by atoms with E-state index in [-0.39, 0.29) is 0 Å². The fourth-order valence-electron chi connectivity index (χ4n) is 2.32. The predicted molar refractivity (Wildman–Crippen MR) is 71.5 cm³/mol. The third-order valence-corrected chi connectivity index (χ3v) is 3.52. The van der Waals surface area contributed by atoms with Crippen LogP contribution in [0, 0.1) is 12.8 Å². The molecule has 0 amide bonds. The fourth-order valence-corrected chi connectivity index (χ4v) is 2.32. The lowest BCUT2D eigenvalue weighted by Crippen LogP contribution is -2.04. The van der Waals surface area contributed by atoms with E-state index < -0.39 is 0 Å². The summed E-state index contributed by atoms with van der Waals surface area (Å²) in [6.45, 7) is 3.59. The largest absolute Gasteiger partial charge is 0.398 e. The average molecular weight is 259 g/mol. The van der Waals surface area contributed by atoms with Crippen LogP contribution in [0.4, 0.5) is 5.69 Å². The number of anilines is 1. The summed E-state index contributed by atoms with van der Waals surface area (Å²) in [6.07, 6.45) is 1.87. The van der Waals surface area contributed by atoms with Gasteiger partial charge in [0.15, 0.2) is 5.82 Å². The number of nitrogens with two attached hydrogens (primary N) is 1. The molecule has 1 aromatic carbocycles. The summed E-state index contributed by atoms with van der Waals surface area (Å²) in [6, 6.07) is 5.81. The van der Waals surface area contributed by atoms with Gasteiger partial charge in [0, 0.05) is 25.3 Å². The van der Waals surface area contributed by atoms with Gasteiger partial charge in [0.1, 0.15) is 0 Å². The summed E-state index contributed by atoms with van der Waals surface area (Å²) < 4.78 is 10.7. The number of benzene rings is 1. The Hall–Kier alpha value is -1.88. The van der Waals surface area contributed by atoms with Gasteiger partial charge >= 0.3 is 0 Å². The zero-order valence-corrected chi connectivity index (χ0v) is 10.9. The molecule has 3 rings (SSSR count). The van der Waals surface area contributed by atoms with Crippen LogP contribution in [0.1, 0.15) is 17.8 Å². The van der Waals surface area contributed by atoms with Crippen LogP contribution in [0.3, 0.4) is 0 Å². The van der Waals surface area contributed by atoms with E-state index in [4.69, 9.17) is 15.0 Å². The van der Waals surface area contributed by atoms with Crippen LogP contribution in [-0.4, -0.2) is 23.4 Å². The highest BCUT2D eigenvalue weighted by Gasteiger charge is 2.20. The SMILES string of the molecule is Cc1cccc(-c2nc(CC3CCOC3)no2)c1N. The van der Waals surface area contributed by atoms with Crippen LogP contribution in [0.15, 0.2) is 22.7 Å². The zero-order chi connectivity index (χ0) is 13.2. The zero-order valence-electron chi connectivity index (χ0n) is 10.9. The first-order valence-electron chi connectivity index (χ1n) is 6.50. The van der Waals surface area contributed by atoms with E-state index >= 15 is 0 Å². The molecule has 100 valence electrons. The maximum absolute atomic E-state index is 6.04. The maximum atomic E-state index is 6.04. The first-order valence-corrected chi connectivity index (χ1v) is 6.50. The molecular weight excluding hydrogens is 242 g/mol. The van der Waals surface area contributed by atoms with Gasteiger partial charge in [0.2, 0.25) is 0 Å². The number of para-hydroxylation sites is 1. The van der Waals surface area contributed by atoms with Gasteiger partial charge in [-0.05, 0) is 30.9 Å². The number of hydrogen-bond donors (Lipinski definition) is 1. The van der Waals surface area contributed by atoms with Crippen LogP contribution in [0.5, 0.6) is 0 Å². The average Bonchev–Trinajstić information content (AvgIpc) is 3.05. The van der Waals surface area contributed by atoms with Crippen molar-refractivity contribution in [1.29, 1.82) is 0 Å². The van der Waals surface area contributed by atoms with Crippen molar-refractivity contribution in [2.45, 2.75) is 19.8 Å². The second-order valence-corrected chi connectivity index (χ2v) is 4.99. The van der Waals surface area contributed by atoms with E-state index in [1.54, 1.807) is 0 Å². The van der Waals surface area contributed by atoms with Crippen LogP contribution in [0.2, 0.25) is 0 Å². The molecule has 1 aliphatic heterocycles. The van der Waals surface area contributed by atoms with Crippen molar-refractivity contribution in [3.05, 3.63) is 29.6 Å². The second kappa shape index (κ2) is 5.01. The number of hydrogen-bond acceptors (Lipinski definition) is 5. The summed E-state index contributed by atoms with van der Waals surface area (Å²) in [5, 5.41) is 4.03. The van der Waals surface area contributed by atoms with Gasteiger partial charge in [-0.2, -0.15) is 4.98 Å². The Morgan fingerprint density at radius 2 is 2.32 bits per heavy atom. The van der Waals surface area contributed by atoms with Crippen molar-refractivity contribution in [1.82, 2.24) is 10.1 Å². The molecule has 5 heteroatoms. The van der Waals surface area contributed by atoms with Gasteiger partial charge in [-0.1, -0.05) is 17.3 Å². The normalized spacial score (nSPS) is 18.9. The van der Waals surface area contributed by atoms with Crippen molar-refractivity contribution in [2.24, 2.45) is 5.92 Å². The molecule has 5 nitrogen and oxygen atoms in total. The lowest BCUT2D eigenvalue weighted by molar-refractivity contribution is 0.185. The summed E-state index contributed by atoms with van der Waals surface area (Å²) in [5.74, 6) is 1.72. The number of nitrogens with zero attached hydrogens (tertiary/aromatic N) is 2. The summed E-state index contributed by atoms with van der Waals surface area (Å²) in [5.41, 5.74) is 8.56. The predicted octanol–water partition coefficient (Wildman–Crippen LogP) is 2.21. The summed E-state index contributed by atoms with van der Waals surface area (Å²) in [4.78, 5) is 4.43. The van der Waals surface area contributed by atoms with E-state index in [9.17, 15) is 0 Å². The van der Waals surface area contributed by atoms with Gasteiger partial charge in [0.25, 0.3) is 5.89 Å². The molecule has 1 aliphatic rings. The second-order valence-electron chi connectivity index (χ2n) is 4.99. The van der Waals surface area contributed by atoms with Crippen molar-refractivity contribution in [3.8, 4) is 11.5 Å². The van der Waals surface area contributed by atoms with Crippen LogP contribution >= 0.6 is 0 Å². The highest BCUT2D eigenvalue weighted by Crippen LogP contribution is 2.27. The molecule has 1 atom stereocenters. The molecule has 2 N–H and O–H groups in total. The van der Waals surface area contributed by atoms with Crippen molar-refractivity contribution >= 4 is 5.69 Å². The van der Waals surface area contributed by atoms with E-state index in [2.05, 4.69) is 10.1 Å². The topological polar surface area (TPSA) is 74.2 Å². The van der Waals surface area contributed by atoms with Crippen LogP contribution in [0.25, 0.3) is 11.5 Å². The Morgan fingerprint density at radius 1 is 1.42 bits per heavy atom. The Morgan fingerprint density at radius 3 is 3.11 bits per heavy atom. The number of rotatable bonds is 3. The number of ether oxygens (including phenoxy) is 1. The smallest absolute Gasteiger partial charge is 0.260 e. The van der Waals surface area contributed by atoms with Gasteiger partial charge < -0.3 is 15.0 Å². The molecule has 0 bridgehead atoms. The van der Waals surface area contributed by atoms with Crippen molar-refractivity contribution in [3.63, 3.8) is 0 Å². The Kier molecular flexibility index (Phi) is 3.21. The molecule has 1 unspecified atom stereocenters. The van der Waals surface area contributed by atoms with Gasteiger partial charge in [0.05, 0.1) is 5.56 Å². The van der Waals surface area contributed by atoms with Crippen LogP contribution < -0.4 is 5.73 Å². The summed E-state index contributed by atoms with van der Waals surface area (Å²) >= 11 is 0. The van der Waals surface area contributed by atoms with E-state index in [0.29, 0.717) is 17.5 Å². The van der Waals surface area contributed by atoms with Gasteiger partial charge in [-0.3, -0.25) is 0 Å². The quantitative estimate of drug-likeness (QED) is 0.855. The third-order valence-electron chi connectivity index (χ3n) is 3.52. The molecule has 1 fully saturated rings. The molecule has 1 saturated heterocycles. The summed E-state index contributed by atoms with van der Waals surface area (Å²) in [7, 11) is 0. The molecule has 2 heterocycles. The Labute approximate surface area is 111 Å². The number of aromatic nitrogens is 2. The molecule has 0 radical (unpaired) electrons. The molecule has 2 aromatic rings. The minimum absolute atomic E-state index is 0.495. The standard InChI is InChI=1S/C14H17N3O2/c1-9-3-2-4-11(13(9)15)14-16-12(17-19-14)7-10-5-6-18-8-10/h2-4,10H,5-8,15H2,1H3. The minimum Gasteiger partial charge on any atom is -0.398 e. The Bertz CT molecular complexity index is 574. The lowest BCUT2D eigenvalue weighted by atomic mass is 10.1. The molecule has 0 saturated carbocycles. The maximum Gasteiger partial charge on any atom is 0.260 e. The van der Waals surface area contributed by atoms with E-state index in [1.165, 1.54) is 0 Å². The molecule has 0 aliphatic carbocycles. The number of nitrogen functional groups attached to an aromatic ring is 1. The monoisotopic (exact) mass is 259 g/mol. The minimum atomic E-state index is 0.495. The molecule has 1 aromatic heterocycles. The molecule has 0 spiro atoms. The lowest BCUT2D eigenvalue weighted by Gasteiger charge is -2.03. The van der Waals surface area contributed by atoms with Crippen LogP contribution in [-0.2, 0) is 11.2 Å². The van der Waals surface area contributed by atoms with Gasteiger partial charge in [-0.25, -0.2) is 0 Å². The van der Waals surface area contributed by atoms with E-state index in [0.717, 1.165) is 43.0 Å².